The lowest BCUT2D eigenvalue weighted by atomic mass is 10.1. The molecule has 2 heterocycles. The first-order chi connectivity index (χ1) is 17.0. The van der Waals surface area contributed by atoms with Crippen molar-refractivity contribution >= 4 is 29.1 Å². The highest BCUT2D eigenvalue weighted by molar-refractivity contribution is 6.10. The number of carbonyl (C=O) groups excluding carboxylic acids is 3. The Morgan fingerprint density at radius 2 is 1.83 bits per heavy atom. The van der Waals surface area contributed by atoms with Crippen molar-refractivity contribution < 1.29 is 27.6 Å². The molecule has 2 N–H and O–H groups in total. The van der Waals surface area contributed by atoms with Gasteiger partial charge in [0.2, 0.25) is 17.7 Å². The molecule has 0 radical (unpaired) electrons. The van der Waals surface area contributed by atoms with E-state index in [2.05, 4.69) is 15.7 Å². The SMILES string of the molecule is Cc1cc(C)n(-c2ccc(CNC(=O)CCC(=O)N3CC(=O)Nc4ccccc43)c(C(F)(F)F)c2)n1. The molecule has 1 aliphatic heterocycles. The normalized spacial score (nSPS) is 13.2. The number of benzene rings is 2. The largest absolute Gasteiger partial charge is 0.416 e. The quantitative estimate of drug-likeness (QED) is 0.538. The van der Waals surface area contributed by atoms with Gasteiger partial charge in [-0.05, 0) is 49.7 Å². The molecular weight excluding hydrogens is 475 g/mol. The first kappa shape index (κ1) is 25.0. The highest BCUT2D eigenvalue weighted by Gasteiger charge is 2.34. The molecule has 1 aromatic heterocycles. The summed E-state index contributed by atoms with van der Waals surface area (Å²) in [5, 5.41) is 9.36. The van der Waals surface area contributed by atoms with Crippen molar-refractivity contribution in [1.29, 1.82) is 0 Å². The molecule has 0 spiro atoms. The van der Waals surface area contributed by atoms with Gasteiger partial charge >= 0.3 is 6.18 Å². The van der Waals surface area contributed by atoms with Gasteiger partial charge in [-0.15, -0.1) is 0 Å². The van der Waals surface area contributed by atoms with E-state index in [1.807, 2.05) is 0 Å². The number of aryl methyl sites for hydroxylation is 2. The van der Waals surface area contributed by atoms with Crippen molar-refractivity contribution in [2.45, 2.75) is 39.4 Å². The minimum Gasteiger partial charge on any atom is -0.352 e. The fourth-order valence-electron chi connectivity index (χ4n) is 4.10. The standard InChI is InChI=1S/C25H24F3N5O3/c1-15-11-16(2)33(31-15)18-8-7-17(19(12-18)25(26,27)28)13-29-22(34)9-10-24(36)32-14-23(35)30-20-5-3-4-6-21(20)32/h3-8,11-12H,9-10,13-14H2,1-2H3,(H,29,34)(H,30,35). The van der Waals surface area contributed by atoms with Gasteiger partial charge in [0.1, 0.15) is 6.54 Å². The molecule has 0 bridgehead atoms. The van der Waals surface area contributed by atoms with Gasteiger partial charge in [-0.1, -0.05) is 18.2 Å². The average Bonchev–Trinajstić information content (AvgIpc) is 3.17. The maximum Gasteiger partial charge on any atom is 0.416 e. The van der Waals surface area contributed by atoms with Crippen LogP contribution in [0, 0.1) is 13.8 Å². The zero-order valence-corrected chi connectivity index (χ0v) is 19.6. The van der Waals surface area contributed by atoms with E-state index in [9.17, 15) is 27.6 Å². The van der Waals surface area contributed by atoms with Crippen molar-refractivity contribution in [1.82, 2.24) is 15.1 Å². The maximum absolute atomic E-state index is 13.8. The number of hydrogen-bond acceptors (Lipinski definition) is 4. The van der Waals surface area contributed by atoms with E-state index in [0.29, 0.717) is 22.8 Å². The van der Waals surface area contributed by atoms with E-state index in [4.69, 9.17) is 0 Å². The van der Waals surface area contributed by atoms with E-state index < -0.39 is 23.6 Å². The fraction of sp³-hybridized carbons (Fsp3) is 0.280. The Hall–Kier alpha value is -4.15. The average molecular weight is 499 g/mol. The topological polar surface area (TPSA) is 96.3 Å². The summed E-state index contributed by atoms with van der Waals surface area (Å²) in [6.07, 6.45) is -5.06. The molecule has 8 nitrogen and oxygen atoms in total. The van der Waals surface area contributed by atoms with Crippen molar-refractivity contribution in [2.75, 3.05) is 16.8 Å². The number of halogens is 3. The van der Waals surface area contributed by atoms with Crippen LogP contribution in [0.15, 0.2) is 48.5 Å². The van der Waals surface area contributed by atoms with Crippen molar-refractivity contribution in [3.8, 4) is 5.69 Å². The van der Waals surface area contributed by atoms with Crippen molar-refractivity contribution in [2.24, 2.45) is 0 Å². The molecule has 36 heavy (non-hydrogen) atoms. The number of fused-ring (bicyclic) bond motifs is 1. The number of nitrogens with zero attached hydrogens (tertiary/aromatic N) is 3. The number of rotatable bonds is 6. The number of amides is 3. The first-order valence-corrected chi connectivity index (χ1v) is 11.2. The van der Waals surface area contributed by atoms with Crippen molar-refractivity contribution in [3.63, 3.8) is 0 Å². The predicted octanol–water partition coefficient (Wildman–Crippen LogP) is 3.89. The number of para-hydroxylation sites is 2. The summed E-state index contributed by atoms with van der Waals surface area (Å²) in [4.78, 5) is 38.2. The molecule has 3 amide bonds. The summed E-state index contributed by atoms with van der Waals surface area (Å²) < 4.78 is 42.7. The molecule has 1 aliphatic rings. The predicted molar refractivity (Wildman–Crippen MR) is 127 cm³/mol. The Bertz CT molecular complexity index is 1330. The number of nitrogens with one attached hydrogen (secondary N) is 2. The Morgan fingerprint density at radius 1 is 1.08 bits per heavy atom. The molecule has 11 heteroatoms. The third-order valence-corrected chi connectivity index (χ3v) is 5.77. The minimum absolute atomic E-state index is 0.103. The third kappa shape index (κ3) is 5.40. The number of anilines is 2. The molecule has 3 aromatic rings. The zero-order valence-electron chi connectivity index (χ0n) is 19.6. The molecule has 0 fully saturated rings. The molecule has 0 saturated heterocycles. The van der Waals surface area contributed by atoms with Crippen LogP contribution in [0.5, 0.6) is 0 Å². The van der Waals surface area contributed by atoms with Crippen LogP contribution in [-0.2, 0) is 27.1 Å². The van der Waals surface area contributed by atoms with E-state index in [-0.39, 0.29) is 43.1 Å². The Morgan fingerprint density at radius 3 is 2.53 bits per heavy atom. The van der Waals surface area contributed by atoms with Crippen LogP contribution < -0.4 is 15.5 Å². The molecular formula is C25H24F3N5O3. The van der Waals surface area contributed by atoms with Crippen LogP contribution in [0.2, 0.25) is 0 Å². The van der Waals surface area contributed by atoms with Gasteiger partial charge in [0.15, 0.2) is 0 Å². The van der Waals surface area contributed by atoms with Crippen LogP contribution in [0.3, 0.4) is 0 Å². The van der Waals surface area contributed by atoms with E-state index in [1.165, 1.54) is 21.7 Å². The Balaban J connectivity index is 1.41. The molecule has 0 aliphatic carbocycles. The molecule has 2 aromatic carbocycles. The second-order valence-corrected chi connectivity index (χ2v) is 8.50. The van der Waals surface area contributed by atoms with Crippen LogP contribution >= 0.6 is 0 Å². The van der Waals surface area contributed by atoms with Crippen LogP contribution in [0.25, 0.3) is 5.69 Å². The van der Waals surface area contributed by atoms with Gasteiger partial charge in [-0.25, -0.2) is 4.68 Å². The highest BCUT2D eigenvalue weighted by Crippen LogP contribution is 2.34. The van der Waals surface area contributed by atoms with E-state index in [1.54, 1.807) is 44.2 Å². The van der Waals surface area contributed by atoms with E-state index >= 15 is 0 Å². The number of hydrogen-bond donors (Lipinski definition) is 2. The molecule has 0 atom stereocenters. The summed E-state index contributed by atoms with van der Waals surface area (Å²) in [6.45, 7) is 2.97. The summed E-state index contributed by atoms with van der Waals surface area (Å²) in [7, 11) is 0. The second kappa shape index (κ2) is 9.84. The lowest BCUT2D eigenvalue weighted by Crippen LogP contribution is -2.42. The van der Waals surface area contributed by atoms with E-state index in [0.717, 1.165) is 6.07 Å². The lowest BCUT2D eigenvalue weighted by Gasteiger charge is -2.29. The Kier molecular flexibility index (Phi) is 6.82. The van der Waals surface area contributed by atoms with Gasteiger partial charge in [0.25, 0.3) is 0 Å². The van der Waals surface area contributed by atoms with Crippen molar-refractivity contribution in [3.05, 3.63) is 71.0 Å². The highest BCUT2D eigenvalue weighted by atomic mass is 19.4. The zero-order chi connectivity index (χ0) is 26.0. The molecule has 4 rings (SSSR count). The summed E-state index contributed by atoms with van der Waals surface area (Å²) in [6, 6.07) is 12.4. The number of carbonyl (C=O) groups is 3. The van der Waals surface area contributed by atoms with Gasteiger partial charge in [0.05, 0.1) is 28.3 Å². The summed E-state index contributed by atoms with van der Waals surface area (Å²) in [5.74, 6) is -1.36. The van der Waals surface area contributed by atoms with Gasteiger partial charge in [-0.3, -0.25) is 14.4 Å². The summed E-state index contributed by atoms with van der Waals surface area (Å²) in [5.41, 5.74) is 1.68. The molecule has 188 valence electrons. The first-order valence-electron chi connectivity index (χ1n) is 11.2. The van der Waals surface area contributed by atoms with Crippen LogP contribution in [-0.4, -0.2) is 34.0 Å². The summed E-state index contributed by atoms with van der Waals surface area (Å²) >= 11 is 0. The van der Waals surface area contributed by atoms with Crippen LogP contribution in [0.4, 0.5) is 24.5 Å². The lowest BCUT2D eigenvalue weighted by molar-refractivity contribution is -0.138. The van der Waals surface area contributed by atoms with Crippen LogP contribution in [0.1, 0.15) is 35.4 Å². The number of alkyl halides is 3. The minimum atomic E-state index is -4.63. The molecule has 0 saturated carbocycles. The number of aromatic nitrogens is 2. The monoisotopic (exact) mass is 499 g/mol. The van der Waals surface area contributed by atoms with Gasteiger partial charge in [-0.2, -0.15) is 18.3 Å². The molecule has 0 unspecified atom stereocenters. The maximum atomic E-state index is 13.8. The van der Waals surface area contributed by atoms with Gasteiger partial charge < -0.3 is 15.5 Å². The third-order valence-electron chi connectivity index (χ3n) is 5.77. The smallest absolute Gasteiger partial charge is 0.352 e. The van der Waals surface area contributed by atoms with Gasteiger partial charge in [0, 0.05) is 25.1 Å². The fourth-order valence-corrected chi connectivity index (χ4v) is 4.10. The Labute approximate surface area is 205 Å². The second-order valence-electron chi connectivity index (χ2n) is 8.50.